The van der Waals surface area contributed by atoms with Gasteiger partial charge < -0.3 is 4.90 Å². The highest BCUT2D eigenvalue weighted by atomic mass is 32.2. The van der Waals surface area contributed by atoms with Crippen LogP contribution in [0.25, 0.3) is 11.3 Å². The van der Waals surface area contributed by atoms with Crippen molar-refractivity contribution in [3.05, 3.63) is 36.7 Å². The third-order valence-corrected chi connectivity index (χ3v) is 4.94. The number of sulfonamides is 1. The Kier molecular flexibility index (Phi) is 4.04. The van der Waals surface area contributed by atoms with Crippen LogP contribution < -0.4 is 4.90 Å². The summed E-state index contributed by atoms with van der Waals surface area (Å²) in [4.78, 5) is 6.11. The summed E-state index contributed by atoms with van der Waals surface area (Å²) in [7, 11) is -3.11. The summed E-state index contributed by atoms with van der Waals surface area (Å²) in [6.07, 6.45) is 4.70. The van der Waals surface area contributed by atoms with E-state index in [1.54, 1.807) is 12.4 Å². The summed E-state index contributed by atoms with van der Waals surface area (Å²) in [5.41, 5.74) is 1.69. The molecule has 3 heterocycles. The predicted molar refractivity (Wildman–Crippen MR) is 83.9 cm³/mol. The first-order chi connectivity index (χ1) is 10.5. The van der Waals surface area contributed by atoms with E-state index in [1.165, 1.54) is 10.6 Å². The molecule has 1 aliphatic rings. The van der Waals surface area contributed by atoms with Crippen molar-refractivity contribution >= 4 is 15.8 Å². The fourth-order valence-corrected chi connectivity index (χ4v) is 3.24. The van der Waals surface area contributed by atoms with Gasteiger partial charge in [0.2, 0.25) is 10.0 Å². The number of nitrogens with zero attached hydrogens (tertiary/aromatic N) is 5. The van der Waals surface area contributed by atoms with E-state index in [0.717, 1.165) is 17.1 Å². The van der Waals surface area contributed by atoms with Crippen LogP contribution in [0.1, 0.15) is 0 Å². The molecule has 1 fully saturated rings. The van der Waals surface area contributed by atoms with Crippen LogP contribution in [0.4, 0.5) is 5.82 Å². The minimum absolute atomic E-state index is 0.477. The summed E-state index contributed by atoms with van der Waals surface area (Å²) in [6.45, 7) is 2.19. The average molecular weight is 319 g/mol. The van der Waals surface area contributed by atoms with Gasteiger partial charge in [0.25, 0.3) is 0 Å². The molecule has 3 rings (SSSR count). The van der Waals surface area contributed by atoms with Gasteiger partial charge in [-0.1, -0.05) is 0 Å². The lowest BCUT2D eigenvalue weighted by molar-refractivity contribution is 0.386. The monoisotopic (exact) mass is 319 g/mol. The van der Waals surface area contributed by atoms with Crippen molar-refractivity contribution in [2.45, 2.75) is 0 Å². The normalized spacial score (nSPS) is 16.7. The van der Waals surface area contributed by atoms with Crippen molar-refractivity contribution in [2.24, 2.45) is 0 Å². The number of rotatable bonds is 3. The standard InChI is InChI=1S/C14H17N5O2S/c1-22(20,21)19-9-7-18(8-10-19)14-5-4-13(16-17-14)12-3-2-6-15-11-12/h2-6,11H,7-10H2,1H3. The van der Waals surface area contributed by atoms with Gasteiger partial charge in [-0.2, -0.15) is 4.31 Å². The first-order valence-corrected chi connectivity index (χ1v) is 8.83. The zero-order valence-electron chi connectivity index (χ0n) is 12.3. The van der Waals surface area contributed by atoms with Crippen LogP contribution in [0.2, 0.25) is 0 Å². The first-order valence-electron chi connectivity index (χ1n) is 6.98. The molecule has 116 valence electrons. The van der Waals surface area contributed by atoms with Crippen LogP contribution in [-0.2, 0) is 10.0 Å². The summed E-state index contributed by atoms with van der Waals surface area (Å²) in [6, 6.07) is 7.60. The zero-order chi connectivity index (χ0) is 15.6. The molecule has 0 radical (unpaired) electrons. The van der Waals surface area contributed by atoms with Crippen molar-refractivity contribution in [3.63, 3.8) is 0 Å². The van der Waals surface area contributed by atoms with Gasteiger partial charge in [-0.05, 0) is 24.3 Å². The van der Waals surface area contributed by atoms with E-state index in [2.05, 4.69) is 15.2 Å². The second-order valence-corrected chi connectivity index (χ2v) is 7.15. The Morgan fingerprint density at radius 1 is 1.05 bits per heavy atom. The van der Waals surface area contributed by atoms with Crippen molar-refractivity contribution in [2.75, 3.05) is 37.3 Å². The van der Waals surface area contributed by atoms with E-state index in [-0.39, 0.29) is 0 Å². The van der Waals surface area contributed by atoms with E-state index in [1.807, 2.05) is 29.2 Å². The van der Waals surface area contributed by atoms with E-state index in [4.69, 9.17) is 0 Å². The number of anilines is 1. The molecule has 22 heavy (non-hydrogen) atoms. The molecule has 1 saturated heterocycles. The Morgan fingerprint density at radius 3 is 2.36 bits per heavy atom. The highest BCUT2D eigenvalue weighted by Crippen LogP contribution is 2.18. The molecule has 2 aromatic rings. The fraction of sp³-hybridized carbons (Fsp3) is 0.357. The van der Waals surface area contributed by atoms with E-state index < -0.39 is 10.0 Å². The van der Waals surface area contributed by atoms with Gasteiger partial charge in [0.1, 0.15) is 0 Å². The first kappa shape index (κ1) is 14.9. The quantitative estimate of drug-likeness (QED) is 0.825. The van der Waals surface area contributed by atoms with Gasteiger partial charge in [-0.15, -0.1) is 10.2 Å². The minimum Gasteiger partial charge on any atom is -0.352 e. The maximum atomic E-state index is 11.5. The molecule has 8 heteroatoms. The van der Waals surface area contributed by atoms with Crippen molar-refractivity contribution in [1.82, 2.24) is 19.5 Å². The van der Waals surface area contributed by atoms with Gasteiger partial charge >= 0.3 is 0 Å². The minimum atomic E-state index is -3.11. The third-order valence-electron chi connectivity index (χ3n) is 3.64. The molecule has 0 amide bonds. The maximum absolute atomic E-state index is 11.5. The van der Waals surface area contributed by atoms with Gasteiger partial charge in [-0.3, -0.25) is 4.98 Å². The largest absolute Gasteiger partial charge is 0.352 e. The third kappa shape index (κ3) is 3.23. The van der Waals surface area contributed by atoms with Crippen LogP contribution in [-0.4, -0.2) is 60.3 Å². The highest BCUT2D eigenvalue weighted by molar-refractivity contribution is 7.88. The SMILES string of the molecule is CS(=O)(=O)N1CCN(c2ccc(-c3cccnc3)nn2)CC1. The summed E-state index contributed by atoms with van der Waals surface area (Å²) in [5, 5.41) is 8.47. The molecule has 0 saturated carbocycles. The number of pyridine rings is 1. The number of piperazine rings is 1. The Labute approximate surface area is 129 Å². The predicted octanol–water partition coefficient (Wildman–Crippen LogP) is 0.620. The average Bonchev–Trinajstić information content (AvgIpc) is 2.55. The van der Waals surface area contributed by atoms with Crippen molar-refractivity contribution in [3.8, 4) is 11.3 Å². The van der Waals surface area contributed by atoms with E-state index in [0.29, 0.717) is 26.2 Å². The molecule has 0 N–H and O–H groups in total. The maximum Gasteiger partial charge on any atom is 0.211 e. The molecule has 0 aromatic carbocycles. The van der Waals surface area contributed by atoms with Crippen LogP contribution in [0, 0.1) is 0 Å². The van der Waals surface area contributed by atoms with Crippen LogP contribution in [0.5, 0.6) is 0 Å². The van der Waals surface area contributed by atoms with E-state index in [9.17, 15) is 8.42 Å². The Balaban J connectivity index is 1.70. The van der Waals surface area contributed by atoms with Gasteiger partial charge in [0.05, 0.1) is 11.9 Å². The van der Waals surface area contributed by atoms with Crippen LogP contribution in [0.3, 0.4) is 0 Å². The summed E-state index contributed by atoms with van der Waals surface area (Å²) in [5.74, 6) is 0.765. The lowest BCUT2D eigenvalue weighted by Gasteiger charge is -2.33. The molecule has 1 aliphatic heterocycles. The summed E-state index contributed by atoms with van der Waals surface area (Å²) >= 11 is 0. The lowest BCUT2D eigenvalue weighted by Crippen LogP contribution is -2.48. The summed E-state index contributed by atoms with van der Waals surface area (Å²) < 4.78 is 24.5. The fourth-order valence-electron chi connectivity index (χ4n) is 2.41. The molecule has 0 bridgehead atoms. The van der Waals surface area contributed by atoms with E-state index >= 15 is 0 Å². The molecule has 0 spiro atoms. The highest BCUT2D eigenvalue weighted by Gasteiger charge is 2.24. The molecule has 2 aromatic heterocycles. The molecular weight excluding hydrogens is 302 g/mol. The van der Waals surface area contributed by atoms with Crippen molar-refractivity contribution < 1.29 is 8.42 Å². The Hall–Kier alpha value is -2.06. The molecule has 0 unspecified atom stereocenters. The van der Waals surface area contributed by atoms with Crippen LogP contribution >= 0.6 is 0 Å². The Morgan fingerprint density at radius 2 is 1.82 bits per heavy atom. The van der Waals surface area contributed by atoms with Gasteiger partial charge in [-0.25, -0.2) is 8.42 Å². The molecule has 0 aliphatic carbocycles. The molecule has 0 atom stereocenters. The lowest BCUT2D eigenvalue weighted by atomic mass is 10.2. The molecular formula is C14H17N5O2S. The topological polar surface area (TPSA) is 79.3 Å². The second-order valence-electron chi connectivity index (χ2n) is 5.17. The number of hydrogen-bond acceptors (Lipinski definition) is 6. The second kappa shape index (κ2) is 5.98. The Bertz CT molecular complexity index is 726. The van der Waals surface area contributed by atoms with Gasteiger partial charge in [0, 0.05) is 44.1 Å². The smallest absolute Gasteiger partial charge is 0.211 e. The molecule has 7 nitrogen and oxygen atoms in total. The number of hydrogen-bond donors (Lipinski definition) is 0. The van der Waals surface area contributed by atoms with Gasteiger partial charge in [0.15, 0.2) is 5.82 Å². The zero-order valence-corrected chi connectivity index (χ0v) is 13.1. The van der Waals surface area contributed by atoms with Crippen molar-refractivity contribution in [1.29, 1.82) is 0 Å². The number of aromatic nitrogens is 3. The van der Waals surface area contributed by atoms with Crippen LogP contribution in [0.15, 0.2) is 36.7 Å².